The highest BCUT2D eigenvalue weighted by atomic mass is 32.2. The van der Waals surface area contributed by atoms with Crippen molar-refractivity contribution in [2.75, 3.05) is 11.4 Å². The zero-order chi connectivity index (χ0) is 17.0. The Kier molecular flexibility index (Phi) is 5.05. The Balaban J connectivity index is 2.24. The Morgan fingerprint density at radius 3 is 2.09 bits per heavy atom. The number of benzene rings is 2. The van der Waals surface area contributed by atoms with Crippen molar-refractivity contribution < 1.29 is 13.2 Å². The van der Waals surface area contributed by atoms with Crippen LogP contribution in [0, 0.1) is 0 Å². The fraction of sp³-hybridized carbons (Fsp3) is 0.235. The molecule has 0 atom stereocenters. The summed E-state index contributed by atoms with van der Waals surface area (Å²) in [6.45, 7) is 3.76. The molecule has 1 amide bonds. The van der Waals surface area contributed by atoms with E-state index in [2.05, 4.69) is 5.32 Å². The topological polar surface area (TPSA) is 66.5 Å². The number of hydrogen-bond acceptors (Lipinski definition) is 3. The Bertz CT molecular complexity index is 769. The van der Waals surface area contributed by atoms with E-state index in [1.165, 1.54) is 11.4 Å². The molecular formula is C17H20N2O3S. The molecule has 23 heavy (non-hydrogen) atoms. The van der Waals surface area contributed by atoms with E-state index < -0.39 is 10.0 Å². The van der Waals surface area contributed by atoms with Crippen molar-refractivity contribution in [1.29, 1.82) is 0 Å². The summed E-state index contributed by atoms with van der Waals surface area (Å²) in [6, 6.07) is 14.7. The molecule has 2 rings (SSSR count). The number of anilines is 1. The minimum Gasteiger partial charge on any atom is -0.350 e. The summed E-state index contributed by atoms with van der Waals surface area (Å²) in [5.41, 5.74) is 0.989. The molecule has 0 radical (unpaired) electrons. The summed E-state index contributed by atoms with van der Waals surface area (Å²) in [6.07, 6.45) is 0. The van der Waals surface area contributed by atoms with Crippen LogP contribution in [0.3, 0.4) is 0 Å². The van der Waals surface area contributed by atoms with Crippen LogP contribution in [0.15, 0.2) is 59.5 Å². The molecule has 1 N–H and O–H groups in total. The predicted molar refractivity (Wildman–Crippen MR) is 91.1 cm³/mol. The minimum atomic E-state index is -3.61. The zero-order valence-electron chi connectivity index (χ0n) is 13.4. The normalized spacial score (nSPS) is 11.3. The molecule has 0 aromatic heterocycles. The van der Waals surface area contributed by atoms with Crippen LogP contribution in [0.25, 0.3) is 0 Å². The average Bonchev–Trinajstić information content (AvgIpc) is 2.54. The number of carbonyl (C=O) groups is 1. The highest BCUT2D eigenvalue weighted by Gasteiger charge is 2.21. The lowest BCUT2D eigenvalue weighted by molar-refractivity contribution is 0.0943. The average molecular weight is 332 g/mol. The summed E-state index contributed by atoms with van der Waals surface area (Å²) in [5, 5.41) is 2.79. The summed E-state index contributed by atoms with van der Waals surface area (Å²) in [5.74, 6) is -0.180. The van der Waals surface area contributed by atoms with Crippen LogP contribution >= 0.6 is 0 Å². The Morgan fingerprint density at radius 2 is 1.57 bits per heavy atom. The maximum atomic E-state index is 12.5. The fourth-order valence-electron chi connectivity index (χ4n) is 2.06. The first-order valence-corrected chi connectivity index (χ1v) is 8.71. The van der Waals surface area contributed by atoms with Gasteiger partial charge in [-0.25, -0.2) is 8.42 Å². The zero-order valence-corrected chi connectivity index (χ0v) is 14.2. The summed E-state index contributed by atoms with van der Waals surface area (Å²) >= 11 is 0. The number of nitrogens with one attached hydrogen (secondary N) is 1. The van der Waals surface area contributed by atoms with Gasteiger partial charge in [-0.2, -0.15) is 0 Å². The van der Waals surface area contributed by atoms with Crippen molar-refractivity contribution in [1.82, 2.24) is 5.32 Å². The molecular weight excluding hydrogens is 312 g/mol. The van der Waals surface area contributed by atoms with Gasteiger partial charge in [0.25, 0.3) is 15.9 Å². The maximum absolute atomic E-state index is 12.5. The second-order valence-electron chi connectivity index (χ2n) is 5.46. The molecule has 0 aliphatic carbocycles. The SMILES string of the molecule is CC(C)NC(=O)c1ccc(N(C)S(=O)(=O)c2ccccc2)cc1. The Morgan fingerprint density at radius 1 is 1.00 bits per heavy atom. The molecule has 122 valence electrons. The molecule has 0 bridgehead atoms. The van der Waals surface area contributed by atoms with E-state index >= 15 is 0 Å². The van der Waals surface area contributed by atoms with Gasteiger partial charge in [0.05, 0.1) is 10.6 Å². The van der Waals surface area contributed by atoms with Crippen LogP contribution in [-0.2, 0) is 10.0 Å². The predicted octanol–water partition coefficient (Wildman–Crippen LogP) is 2.65. The summed E-state index contributed by atoms with van der Waals surface area (Å²) < 4.78 is 26.3. The van der Waals surface area contributed by atoms with E-state index in [1.807, 2.05) is 13.8 Å². The lowest BCUT2D eigenvalue weighted by Gasteiger charge is -2.19. The molecule has 0 saturated carbocycles. The van der Waals surface area contributed by atoms with Gasteiger partial charge in [0.2, 0.25) is 0 Å². The maximum Gasteiger partial charge on any atom is 0.264 e. The molecule has 0 aliphatic rings. The van der Waals surface area contributed by atoms with E-state index in [0.717, 1.165) is 0 Å². The first kappa shape index (κ1) is 17.0. The molecule has 2 aromatic carbocycles. The molecule has 0 aliphatic heterocycles. The lowest BCUT2D eigenvalue weighted by atomic mass is 10.2. The standard InChI is InChI=1S/C17H20N2O3S/c1-13(2)18-17(20)14-9-11-15(12-10-14)19(3)23(21,22)16-7-5-4-6-8-16/h4-13H,1-3H3,(H,18,20). The van der Waals surface area contributed by atoms with Crippen LogP contribution in [0.5, 0.6) is 0 Å². The van der Waals surface area contributed by atoms with Gasteiger partial charge in [-0.1, -0.05) is 18.2 Å². The van der Waals surface area contributed by atoms with Gasteiger partial charge in [0.15, 0.2) is 0 Å². The van der Waals surface area contributed by atoms with E-state index in [4.69, 9.17) is 0 Å². The summed E-state index contributed by atoms with van der Waals surface area (Å²) in [4.78, 5) is 12.1. The number of rotatable bonds is 5. The van der Waals surface area contributed by atoms with E-state index in [0.29, 0.717) is 11.3 Å². The van der Waals surface area contributed by atoms with Crippen LogP contribution in [-0.4, -0.2) is 27.4 Å². The summed E-state index contributed by atoms with van der Waals surface area (Å²) in [7, 11) is -2.12. The van der Waals surface area contributed by atoms with Crippen molar-refractivity contribution in [2.45, 2.75) is 24.8 Å². The fourth-order valence-corrected chi connectivity index (χ4v) is 3.27. The number of nitrogens with zero attached hydrogens (tertiary/aromatic N) is 1. The van der Waals surface area contributed by atoms with E-state index in [9.17, 15) is 13.2 Å². The van der Waals surface area contributed by atoms with E-state index in [1.54, 1.807) is 54.6 Å². The minimum absolute atomic E-state index is 0.0447. The van der Waals surface area contributed by atoms with E-state index in [-0.39, 0.29) is 16.8 Å². The van der Waals surface area contributed by atoms with Crippen molar-refractivity contribution in [3.05, 3.63) is 60.2 Å². The molecule has 0 spiro atoms. The molecule has 0 fully saturated rings. The third-order valence-electron chi connectivity index (χ3n) is 3.31. The van der Waals surface area contributed by atoms with Gasteiger partial charge < -0.3 is 5.32 Å². The second kappa shape index (κ2) is 6.83. The first-order valence-electron chi connectivity index (χ1n) is 7.27. The van der Waals surface area contributed by atoms with Crippen molar-refractivity contribution in [3.63, 3.8) is 0 Å². The smallest absolute Gasteiger partial charge is 0.264 e. The van der Waals surface area contributed by atoms with Gasteiger partial charge >= 0.3 is 0 Å². The molecule has 5 nitrogen and oxygen atoms in total. The number of carbonyl (C=O) groups excluding carboxylic acids is 1. The monoisotopic (exact) mass is 332 g/mol. The number of hydrogen-bond donors (Lipinski definition) is 1. The second-order valence-corrected chi connectivity index (χ2v) is 7.43. The molecule has 2 aromatic rings. The first-order chi connectivity index (χ1) is 10.8. The van der Waals surface area contributed by atoms with Crippen LogP contribution in [0.1, 0.15) is 24.2 Å². The highest BCUT2D eigenvalue weighted by molar-refractivity contribution is 7.92. The number of amides is 1. The third-order valence-corrected chi connectivity index (χ3v) is 5.11. The van der Waals surface area contributed by atoms with Crippen molar-refractivity contribution in [3.8, 4) is 0 Å². The van der Waals surface area contributed by atoms with Crippen molar-refractivity contribution in [2.24, 2.45) is 0 Å². The van der Waals surface area contributed by atoms with Crippen LogP contribution in [0.4, 0.5) is 5.69 Å². The lowest BCUT2D eigenvalue weighted by Crippen LogP contribution is -2.30. The molecule has 6 heteroatoms. The number of sulfonamides is 1. The van der Waals surface area contributed by atoms with Gasteiger partial charge in [-0.05, 0) is 50.2 Å². The third kappa shape index (κ3) is 3.90. The molecule has 0 unspecified atom stereocenters. The van der Waals surface area contributed by atoms with Gasteiger partial charge in [-0.15, -0.1) is 0 Å². The van der Waals surface area contributed by atoms with Gasteiger partial charge in [0, 0.05) is 18.7 Å². The Hall–Kier alpha value is -2.34. The highest BCUT2D eigenvalue weighted by Crippen LogP contribution is 2.22. The van der Waals surface area contributed by atoms with Gasteiger partial charge in [0.1, 0.15) is 0 Å². The van der Waals surface area contributed by atoms with Crippen LogP contribution in [0.2, 0.25) is 0 Å². The molecule has 0 heterocycles. The van der Waals surface area contributed by atoms with Crippen molar-refractivity contribution >= 4 is 21.6 Å². The molecule has 0 saturated heterocycles. The largest absolute Gasteiger partial charge is 0.350 e. The van der Waals surface area contributed by atoms with Crippen LogP contribution < -0.4 is 9.62 Å². The van der Waals surface area contributed by atoms with Gasteiger partial charge in [-0.3, -0.25) is 9.10 Å². The Labute approximate surface area is 137 Å². The quantitative estimate of drug-likeness (QED) is 0.915.